The molecule has 168 valence electrons. The van der Waals surface area contributed by atoms with E-state index in [0.717, 1.165) is 17.7 Å². The highest BCUT2D eigenvalue weighted by atomic mass is 35.5. The van der Waals surface area contributed by atoms with Gasteiger partial charge in [-0.05, 0) is 73.5 Å². The third-order valence-electron chi connectivity index (χ3n) is 6.24. The van der Waals surface area contributed by atoms with Crippen molar-refractivity contribution in [1.29, 1.82) is 0 Å². The van der Waals surface area contributed by atoms with Crippen molar-refractivity contribution in [1.82, 2.24) is 5.32 Å². The van der Waals surface area contributed by atoms with E-state index in [1.165, 1.54) is 5.56 Å². The molecule has 2 aliphatic rings. The maximum Gasteiger partial charge on any atom is 0.325 e. The topological polar surface area (TPSA) is 70.7 Å². The van der Waals surface area contributed by atoms with E-state index in [-0.39, 0.29) is 18.0 Å². The van der Waals surface area contributed by atoms with Crippen molar-refractivity contribution in [3.63, 3.8) is 0 Å². The van der Waals surface area contributed by atoms with Crippen LogP contribution in [0.4, 0.5) is 16.2 Å². The van der Waals surface area contributed by atoms with Crippen molar-refractivity contribution in [2.75, 3.05) is 10.2 Å². The molecule has 6 nitrogen and oxygen atoms in total. The number of rotatable bonds is 4. The van der Waals surface area contributed by atoms with Gasteiger partial charge in [-0.3, -0.25) is 9.69 Å². The molecule has 1 saturated heterocycles. The number of halogens is 1. The van der Waals surface area contributed by atoms with Crippen molar-refractivity contribution in [2.45, 2.75) is 38.5 Å². The molecule has 1 fully saturated rings. The van der Waals surface area contributed by atoms with Gasteiger partial charge in [-0.2, -0.15) is 0 Å². The number of ether oxygens (including phenoxy) is 1. The fourth-order valence-corrected chi connectivity index (χ4v) is 4.71. The van der Waals surface area contributed by atoms with Crippen molar-refractivity contribution >= 4 is 34.9 Å². The smallest absolute Gasteiger partial charge is 0.325 e. The van der Waals surface area contributed by atoms with E-state index in [1.807, 2.05) is 43.3 Å². The van der Waals surface area contributed by atoms with Gasteiger partial charge in [0, 0.05) is 33.9 Å². The summed E-state index contributed by atoms with van der Waals surface area (Å²) in [5.41, 5.74) is 3.12. The first-order valence-electron chi connectivity index (χ1n) is 11.0. The number of benzene rings is 3. The largest absolute Gasteiger partial charge is 0.467 e. The Morgan fingerprint density at radius 3 is 2.58 bits per heavy atom. The van der Waals surface area contributed by atoms with E-state index in [0.29, 0.717) is 28.4 Å². The minimum atomic E-state index is -0.862. The molecule has 2 heterocycles. The first-order valence-corrected chi connectivity index (χ1v) is 11.3. The summed E-state index contributed by atoms with van der Waals surface area (Å²) in [5.74, 6) is 0.494. The molecule has 3 aromatic carbocycles. The molecule has 0 radical (unpaired) electrons. The fraction of sp³-hybridized carbons (Fsp3) is 0.231. The van der Waals surface area contributed by atoms with E-state index in [4.69, 9.17) is 16.3 Å². The Morgan fingerprint density at radius 1 is 1.15 bits per heavy atom. The number of carbonyl (C=O) groups is 2. The monoisotopic (exact) mass is 461 g/mol. The average Bonchev–Trinajstić information content (AvgIpc) is 2.80. The predicted molar refractivity (Wildman–Crippen MR) is 129 cm³/mol. The van der Waals surface area contributed by atoms with Crippen LogP contribution in [0.15, 0.2) is 66.7 Å². The summed E-state index contributed by atoms with van der Waals surface area (Å²) in [7, 11) is 0. The number of nitrogens with one attached hydrogen (secondary N) is 2. The average molecular weight is 462 g/mol. The molecule has 3 aromatic rings. The summed E-state index contributed by atoms with van der Waals surface area (Å²) < 4.78 is 6.29. The SMILES string of the molecule is CCc1ccc(NC(=O)c2ccc(N3C(=O)N[C@H]4C[C@@]3(C)Oc3ccc(Cl)cc34)cc2)cc1. The van der Waals surface area contributed by atoms with Crippen LogP contribution < -0.4 is 20.3 Å². The molecule has 0 aliphatic carbocycles. The van der Waals surface area contributed by atoms with Crippen molar-refractivity contribution in [3.05, 3.63) is 88.4 Å². The van der Waals surface area contributed by atoms with E-state index >= 15 is 0 Å². The van der Waals surface area contributed by atoms with Crippen LogP contribution in [0.5, 0.6) is 5.75 Å². The number of urea groups is 1. The summed E-state index contributed by atoms with van der Waals surface area (Å²) in [5, 5.41) is 6.57. The predicted octanol–water partition coefficient (Wildman–Crippen LogP) is 5.92. The standard InChI is InChI=1S/C26H24ClN3O3/c1-3-16-4-9-19(10-5-16)28-24(31)17-6-11-20(12-7-17)30-25(32)29-22-15-26(30,2)33-23-13-8-18(27)14-21(22)23/h4-14,22H,3,15H2,1-2H3,(H,28,31)(H,29,32)/t22-,26+/m0/s1. The number of hydrogen-bond acceptors (Lipinski definition) is 3. The highest BCUT2D eigenvalue weighted by Gasteiger charge is 2.49. The van der Waals surface area contributed by atoms with Gasteiger partial charge in [-0.1, -0.05) is 30.7 Å². The van der Waals surface area contributed by atoms with Gasteiger partial charge >= 0.3 is 6.03 Å². The summed E-state index contributed by atoms with van der Waals surface area (Å²) in [6, 6.07) is 19.8. The normalized spacial score (nSPS) is 21.0. The van der Waals surface area contributed by atoms with Crippen LogP contribution in [0.25, 0.3) is 0 Å². The number of anilines is 2. The number of aryl methyl sites for hydroxylation is 1. The zero-order valence-corrected chi connectivity index (χ0v) is 19.1. The maximum absolute atomic E-state index is 13.0. The third kappa shape index (κ3) is 3.91. The molecule has 2 aliphatic heterocycles. The van der Waals surface area contributed by atoms with E-state index in [2.05, 4.69) is 17.6 Å². The van der Waals surface area contributed by atoms with Crippen LogP contribution in [0.3, 0.4) is 0 Å². The second-order valence-electron chi connectivity index (χ2n) is 8.55. The lowest BCUT2D eigenvalue weighted by atomic mass is 9.90. The van der Waals surface area contributed by atoms with Crippen LogP contribution in [-0.2, 0) is 6.42 Å². The third-order valence-corrected chi connectivity index (χ3v) is 6.48. The number of fused-ring (bicyclic) bond motifs is 4. The van der Waals surface area contributed by atoms with Crippen LogP contribution in [0.2, 0.25) is 5.02 Å². The second kappa shape index (κ2) is 8.12. The van der Waals surface area contributed by atoms with Gasteiger partial charge in [-0.15, -0.1) is 0 Å². The zero-order valence-electron chi connectivity index (χ0n) is 18.4. The van der Waals surface area contributed by atoms with Crippen LogP contribution in [0.1, 0.15) is 47.8 Å². The van der Waals surface area contributed by atoms with Crippen LogP contribution in [-0.4, -0.2) is 17.7 Å². The highest BCUT2D eigenvalue weighted by Crippen LogP contribution is 2.46. The molecule has 2 bridgehead atoms. The van der Waals surface area contributed by atoms with Gasteiger partial charge in [0.05, 0.1) is 6.04 Å². The Morgan fingerprint density at radius 2 is 1.88 bits per heavy atom. The summed E-state index contributed by atoms with van der Waals surface area (Å²) in [6.07, 6.45) is 1.52. The van der Waals surface area contributed by atoms with E-state index in [9.17, 15) is 9.59 Å². The van der Waals surface area contributed by atoms with Crippen molar-refractivity contribution in [2.24, 2.45) is 0 Å². The number of carbonyl (C=O) groups excluding carboxylic acids is 2. The Kier molecular flexibility index (Phi) is 5.25. The minimum Gasteiger partial charge on any atom is -0.467 e. The first-order chi connectivity index (χ1) is 15.9. The van der Waals surface area contributed by atoms with Gasteiger partial charge < -0.3 is 15.4 Å². The van der Waals surface area contributed by atoms with Gasteiger partial charge in [0.25, 0.3) is 5.91 Å². The Hall–Kier alpha value is -3.51. The molecule has 2 N–H and O–H groups in total. The lowest BCUT2D eigenvalue weighted by Crippen LogP contribution is -2.65. The van der Waals surface area contributed by atoms with Crippen LogP contribution in [0, 0.1) is 0 Å². The molecular formula is C26H24ClN3O3. The molecule has 7 heteroatoms. The summed E-state index contributed by atoms with van der Waals surface area (Å²) in [6.45, 7) is 3.99. The number of amides is 3. The molecule has 0 aromatic heterocycles. The number of nitrogens with zero attached hydrogens (tertiary/aromatic N) is 1. The Bertz CT molecular complexity index is 1230. The minimum absolute atomic E-state index is 0.176. The van der Waals surface area contributed by atoms with E-state index in [1.54, 1.807) is 35.2 Å². The second-order valence-corrected chi connectivity index (χ2v) is 8.99. The Balaban J connectivity index is 1.37. The number of hydrogen-bond donors (Lipinski definition) is 2. The fourth-order valence-electron chi connectivity index (χ4n) is 4.53. The Labute approximate surface area is 197 Å². The molecule has 0 unspecified atom stereocenters. The summed E-state index contributed by atoms with van der Waals surface area (Å²) in [4.78, 5) is 27.3. The zero-order chi connectivity index (χ0) is 23.2. The van der Waals surface area contributed by atoms with Gasteiger partial charge in [0.2, 0.25) is 0 Å². The molecule has 3 amide bonds. The van der Waals surface area contributed by atoms with Crippen LogP contribution >= 0.6 is 11.6 Å². The first kappa shape index (κ1) is 21.3. The summed E-state index contributed by atoms with van der Waals surface area (Å²) >= 11 is 6.14. The highest BCUT2D eigenvalue weighted by molar-refractivity contribution is 6.30. The molecule has 0 spiro atoms. The molecule has 33 heavy (non-hydrogen) atoms. The quantitative estimate of drug-likeness (QED) is 0.506. The maximum atomic E-state index is 13.0. The molecule has 0 saturated carbocycles. The lowest BCUT2D eigenvalue weighted by molar-refractivity contribution is 0.0379. The van der Waals surface area contributed by atoms with Gasteiger partial charge in [-0.25, -0.2) is 4.79 Å². The van der Waals surface area contributed by atoms with Crippen molar-refractivity contribution < 1.29 is 14.3 Å². The molecule has 2 atom stereocenters. The molecular weight excluding hydrogens is 438 g/mol. The van der Waals surface area contributed by atoms with E-state index < -0.39 is 5.72 Å². The molecule has 5 rings (SSSR count). The van der Waals surface area contributed by atoms with Gasteiger partial charge in [0.1, 0.15) is 5.75 Å². The van der Waals surface area contributed by atoms with Gasteiger partial charge in [0.15, 0.2) is 5.72 Å². The lowest BCUT2D eigenvalue weighted by Gasteiger charge is -2.50. The van der Waals surface area contributed by atoms with Crippen molar-refractivity contribution in [3.8, 4) is 5.75 Å².